The predicted molar refractivity (Wildman–Crippen MR) is 139 cm³/mol. The monoisotopic (exact) mass is 438 g/mol. The zero-order valence-electron chi connectivity index (χ0n) is 18.7. The van der Waals surface area contributed by atoms with Gasteiger partial charge in [-0.2, -0.15) is 0 Å². The van der Waals surface area contributed by atoms with E-state index in [0.29, 0.717) is 26.4 Å². The Hall–Kier alpha value is -3.72. The fourth-order valence-corrected chi connectivity index (χ4v) is 6.21. The highest BCUT2D eigenvalue weighted by atomic mass is 16.5. The molecule has 2 nitrogen and oxygen atoms in total. The largest absolute Gasteiger partial charge is 0.372 e. The standard InChI is InChI=1S/C32H22O2/c1-3-7-25-19(5-1)9-11-21-13-23-15-33-17-27(23)31(29(21)25)32-28-18-34-16-24(28)14-22-12-10-20-6-2-4-8-26(20)30(22)32/h1-14H,15-18H2. The topological polar surface area (TPSA) is 18.5 Å². The summed E-state index contributed by atoms with van der Waals surface area (Å²) < 4.78 is 12.1. The minimum atomic E-state index is 0.653. The lowest BCUT2D eigenvalue weighted by Crippen LogP contribution is -1.98. The van der Waals surface area contributed by atoms with Crippen molar-refractivity contribution < 1.29 is 9.47 Å². The van der Waals surface area contributed by atoms with E-state index in [1.165, 1.54) is 76.5 Å². The summed E-state index contributed by atoms with van der Waals surface area (Å²) in [6.07, 6.45) is 0. The first-order chi connectivity index (χ1) is 16.9. The maximum atomic E-state index is 6.05. The fourth-order valence-electron chi connectivity index (χ4n) is 6.21. The average Bonchev–Trinajstić information content (AvgIpc) is 3.55. The molecular formula is C32H22O2. The number of hydrogen-bond acceptors (Lipinski definition) is 2. The van der Waals surface area contributed by atoms with Gasteiger partial charge in [0.1, 0.15) is 0 Å². The van der Waals surface area contributed by atoms with Crippen LogP contribution in [0.5, 0.6) is 0 Å². The van der Waals surface area contributed by atoms with Crippen molar-refractivity contribution in [3.63, 3.8) is 0 Å². The summed E-state index contributed by atoms with van der Waals surface area (Å²) in [5, 5.41) is 10.4. The molecule has 0 aromatic heterocycles. The van der Waals surface area contributed by atoms with Crippen LogP contribution in [-0.4, -0.2) is 0 Å². The molecule has 0 bridgehead atoms. The molecule has 6 aromatic carbocycles. The van der Waals surface area contributed by atoms with Gasteiger partial charge in [-0.15, -0.1) is 0 Å². The molecule has 0 N–H and O–H groups in total. The highest BCUT2D eigenvalue weighted by Gasteiger charge is 2.27. The van der Waals surface area contributed by atoms with E-state index in [4.69, 9.17) is 9.47 Å². The van der Waals surface area contributed by atoms with Crippen molar-refractivity contribution in [2.24, 2.45) is 0 Å². The van der Waals surface area contributed by atoms with Gasteiger partial charge in [-0.25, -0.2) is 0 Å². The lowest BCUT2D eigenvalue weighted by Gasteiger charge is -2.20. The van der Waals surface area contributed by atoms with Gasteiger partial charge in [0.15, 0.2) is 0 Å². The lowest BCUT2D eigenvalue weighted by molar-refractivity contribution is 0.134. The number of rotatable bonds is 1. The van der Waals surface area contributed by atoms with Gasteiger partial charge in [-0.3, -0.25) is 0 Å². The first-order valence-electron chi connectivity index (χ1n) is 11.9. The minimum Gasteiger partial charge on any atom is -0.372 e. The van der Waals surface area contributed by atoms with Gasteiger partial charge in [0.25, 0.3) is 0 Å². The molecule has 2 heterocycles. The molecule has 0 atom stereocenters. The Morgan fingerprint density at radius 3 is 1.38 bits per heavy atom. The van der Waals surface area contributed by atoms with E-state index in [2.05, 4.69) is 84.9 Å². The zero-order chi connectivity index (χ0) is 22.2. The molecule has 2 aliphatic heterocycles. The van der Waals surface area contributed by atoms with E-state index in [0.717, 1.165) is 0 Å². The average molecular weight is 439 g/mol. The van der Waals surface area contributed by atoms with Crippen LogP contribution in [0.25, 0.3) is 54.2 Å². The molecule has 8 rings (SSSR count). The van der Waals surface area contributed by atoms with Crippen LogP contribution in [0.3, 0.4) is 0 Å². The van der Waals surface area contributed by atoms with Crippen LogP contribution < -0.4 is 0 Å². The second-order valence-corrected chi connectivity index (χ2v) is 9.53. The molecule has 0 saturated heterocycles. The van der Waals surface area contributed by atoms with Gasteiger partial charge in [0.05, 0.1) is 26.4 Å². The second-order valence-electron chi connectivity index (χ2n) is 9.53. The summed E-state index contributed by atoms with van der Waals surface area (Å²) in [7, 11) is 0. The van der Waals surface area contributed by atoms with Gasteiger partial charge in [0.2, 0.25) is 0 Å². The third kappa shape index (κ3) is 2.47. The van der Waals surface area contributed by atoms with Crippen LogP contribution in [0.4, 0.5) is 0 Å². The molecule has 0 saturated carbocycles. The Morgan fingerprint density at radius 1 is 0.441 bits per heavy atom. The number of ether oxygens (including phenoxy) is 2. The maximum Gasteiger partial charge on any atom is 0.0731 e. The zero-order valence-corrected chi connectivity index (χ0v) is 18.7. The summed E-state index contributed by atoms with van der Waals surface area (Å²) >= 11 is 0. The van der Waals surface area contributed by atoms with Crippen molar-refractivity contribution in [2.45, 2.75) is 26.4 Å². The Bertz CT molecular complexity index is 1680. The summed E-state index contributed by atoms with van der Waals surface area (Å²) in [5.74, 6) is 0. The number of fused-ring (bicyclic) bond motifs is 8. The highest BCUT2D eigenvalue weighted by molar-refractivity contribution is 6.22. The van der Waals surface area contributed by atoms with Gasteiger partial charge < -0.3 is 9.47 Å². The summed E-state index contributed by atoms with van der Waals surface area (Å²) in [6.45, 7) is 2.66. The molecule has 2 heteroatoms. The van der Waals surface area contributed by atoms with Crippen LogP contribution in [0.1, 0.15) is 22.3 Å². The number of hydrogen-bond donors (Lipinski definition) is 0. The first kappa shape index (κ1) is 18.7. The van der Waals surface area contributed by atoms with Gasteiger partial charge >= 0.3 is 0 Å². The van der Waals surface area contributed by atoms with Crippen molar-refractivity contribution >= 4 is 43.1 Å². The van der Waals surface area contributed by atoms with Crippen molar-refractivity contribution in [3.05, 3.63) is 107 Å². The van der Waals surface area contributed by atoms with E-state index in [9.17, 15) is 0 Å². The van der Waals surface area contributed by atoms with E-state index in [1.54, 1.807) is 0 Å². The normalized spacial score (nSPS) is 14.9. The quantitative estimate of drug-likeness (QED) is 0.242. The summed E-state index contributed by atoms with van der Waals surface area (Å²) in [6, 6.07) is 31.3. The smallest absolute Gasteiger partial charge is 0.0731 e. The highest BCUT2D eigenvalue weighted by Crippen LogP contribution is 2.48. The maximum absolute atomic E-state index is 6.05. The van der Waals surface area contributed by atoms with Crippen molar-refractivity contribution in [2.75, 3.05) is 0 Å². The summed E-state index contributed by atoms with van der Waals surface area (Å²) in [4.78, 5) is 0. The SMILES string of the molecule is c1ccc2c(c1)ccc1cc3c(c(-c4c5c(cc6ccc7ccccc7c46)COC5)c12)COC3. The Morgan fingerprint density at radius 2 is 0.882 bits per heavy atom. The van der Waals surface area contributed by atoms with Crippen LogP contribution in [0, 0.1) is 0 Å². The fraction of sp³-hybridized carbons (Fsp3) is 0.125. The third-order valence-electron chi connectivity index (χ3n) is 7.72. The Balaban J connectivity index is 1.67. The van der Waals surface area contributed by atoms with Crippen LogP contribution in [0.15, 0.2) is 84.9 Å². The Labute approximate surface area is 197 Å². The molecule has 6 aromatic rings. The molecule has 0 spiro atoms. The van der Waals surface area contributed by atoms with Crippen molar-refractivity contribution in [3.8, 4) is 11.1 Å². The summed E-state index contributed by atoms with van der Waals surface area (Å²) in [5.41, 5.74) is 7.96. The third-order valence-corrected chi connectivity index (χ3v) is 7.72. The van der Waals surface area contributed by atoms with E-state index >= 15 is 0 Å². The molecule has 0 unspecified atom stereocenters. The predicted octanol–water partition coefficient (Wildman–Crippen LogP) is 8.03. The molecular weight excluding hydrogens is 416 g/mol. The molecule has 0 radical (unpaired) electrons. The molecule has 2 aliphatic rings. The van der Waals surface area contributed by atoms with Crippen LogP contribution >= 0.6 is 0 Å². The second kappa shape index (κ2) is 6.89. The minimum absolute atomic E-state index is 0.653. The van der Waals surface area contributed by atoms with Gasteiger partial charge in [-0.1, -0.05) is 72.8 Å². The van der Waals surface area contributed by atoms with Gasteiger partial charge in [0, 0.05) is 0 Å². The molecule has 0 aliphatic carbocycles. The van der Waals surface area contributed by atoms with E-state index < -0.39 is 0 Å². The van der Waals surface area contributed by atoms with E-state index in [1.807, 2.05) is 0 Å². The van der Waals surface area contributed by atoms with Crippen molar-refractivity contribution in [1.29, 1.82) is 0 Å². The molecule has 162 valence electrons. The molecule has 0 amide bonds. The van der Waals surface area contributed by atoms with E-state index in [-0.39, 0.29) is 0 Å². The van der Waals surface area contributed by atoms with Crippen LogP contribution in [-0.2, 0) is 35.9 Å². The molecule has 34 heavy (non-hydrogen) atoms. The van der Waals surface area contributed by atoms with Crippen LogP contribution in [0.2, 0.25) is 0 Å². The Kier molecular flexibility index (Phi) is 3.79. The molecule has 0 fully saturated rings. The number of benzene rings is 6. The van der Waals surface area contributed by atoms with Gasteiger partial charge in [-0.05, 0) is 88.6 Å². The van der Waals surface area contributed by atoms with Crippen molar-refractivity contribution in [1.82, 2.24) is 0 Å². The lowest BCUT2D eigenvalue weighted by atomic mass is 9.82. The first-order valence-corrected chi connectivity index (χ1v) is 11.9.